The number of benzene rings is 1. The number of aromatic nitrogens is 1. The Morgan fingerprint density at radius 3 is 2.60 bits per heavy atom. The van der Waals surface area contributed by atoms with Crippen LogP contribution in [0.25, 0.3) is 0 Å². The molecule has 0 radical (unpaired) electrons. The van der Waals surface area contributed by atoms with E-state index in [4.69, 9.17) is 20.8 Å². The predicted octanol–water partition coefficient (Wildman–Crippen LogP) is 4.49. The van der Waals surface area contributed by atoms with Gasteiger partial charge in [0.25, 0.3) is 5.91 Å². The average molecular weight is 426 g/mol. The molecule has 0 aliphatic carbocycles. The number of furan rings is 1. The van der Waals surface area contributed by atoms with Crippen LogP contribution >= 0.6 is 11.6 Å². The van der Waals surface area contributed by atoms with Gasteiger partial charge in [0.1, 0.15) is 23.9 Å². The van der Waals surface area contributed by atoms with Gasteiger partial charge >= 0.3 is 0 Å². The van der Waals surface area contributed by atoms with Crippen molar-refractivity contribution in [2.75, 3.05) is 31.1 Å². The lowest BCUT2D eigenvalue weighted by Gasteiger charge is -2.35. The Bertz CT molecular complexity index is 1020. The fraction of sp³-hybridized carbons (Fsp3) is 0.304. The second-order valence-corrected chi connectivity index (χ2v) is 7.87. The number of rotatable bonds is 5. The third-order valence-corrected chi connectivity index (χ3v) is 5.40. The summed E-state index contributed by atoms with van der Waals surface area (Å²) >= 11 is 5.90. The highest BCUT2D eigenvalue weighted by atomic mass is 35.5. The highest BCUT2D eigenvalue weighted by Gasteiger charge is 2.25. The Kier molecular flexibility index (Phi) is 5.95. The van der Waals surface area contributed by atoms with Crippen LogP contribution in [0.3, 0.4) is 0 Å². The summed E-state index contributed by atoms with van der Waals surface area (Å²) in [5.74, 6) is 2.55. The molecule has 0 saturated carbocycles. The van der Waals surface area contributed by atoms with Crippen LogP contribution in [0.5, 0.6) is 5.75 Å². The van der Waals surface area contributed by atoms with Crippen molar-refractivity contribution >= 4 is 23.3 Å². The van der Waals surface area contributed by atoms with Crippen molar-refractivity contribution in [2.24, 2.45) is 0 Å². The maximum absolute atomic E-state index is 12.8. The topological polar surface area (TPSA) is 58.8 Å². The van der Waals surface area contributed by atoms with E-state index in [0.29, 0.717) is 42.7 Å². The van der Waals surface area contributed by atoms with Gasteiger partial charge < -0.3 is 19.0 Å². The van der Waals surface area contributed by atoms with Crippen LogP contribution in [0.15, 0.2) is 53.1 Å². The lowest BCUT2D eigenvalue weighted by atomic mass is 10.1. The minimum Gasteiger partial charge on any atom is -0.485 e. The minimum absolute atomic E-state index is 0.100. The zero-order valence-electron chi connectivity index (χ0n) is 17.1. The number of carbonyl (C=O) groups excluding carboxylic acids is 1. The summed E-state index contributed by atoms with van der Waals surface area (Å²) in [5, 5.41) is 0.614. The number of pyridine rings is 1. The Labute approximate surface area is 181 Å². The van der Waals surface area contributed by atoms with Gasteiger partial charge in [-0.1, -0.05) is 29.3 Å². The van der Waals surface area contributed by atoms with Crippen LogP contribution in [0.2, 0.25) is 5.02 Å². The Morgan fingerprint density at radius 2 is 1.90 bits per heavy atom. The summed E-state index contributed by atoms with van der Waals surface area (Å²) in [6, 6.07) is 13.3. The molecule has 0 bridgehead atoms. The fourth-order valence-corrected chi connectivity index (χ4v) is 3.64. The lowest BCUT2D eigenvalue weighted by molar-refractivity contribution is 0.0710. The Morgan fingerprint density at radius 1 is 1.10 bits per heavy atom. The first-order chi connectivity index (χ1) is 14.5. The number of nitrogens with zero attached hydrogens (tertiary/aromatic N) is 3. The Balaban J connectivity index is 1.32. The second kappa shape index (κ2) is 8.79. The van der Waals surface area contributed by atoms with Crippen LogP contribution in [-0.4, -0.2) is 42.0 Å². The molecule has 3 aromatic rings. The van der Waals surface area contributed by atoms with E-state index in [2.05, 4.69) is 16.0 Å². The summed E-state index contributed by atoms with van der Waals surface area (Å²) in [7, 11) is 0. The number of ether oxygens (including phenoxy) is 1. The smallest absolute Gasteiger partial charge is 0.289 e. The van der Waals surface area contributed by atoms with Gasteiger partial charge in [-0.05, 0) is 49.7 Å². The molecule has 0 N–H and O–H groups in total. The molecule has 30 heavy (non-hydrogen) atoms. The zero-order valence-corrected chi connectivity index (χ0v) is 17.9. The van der Waals surface area contributed by atoms with Crippen molar-refractivity contribution < 1.29 is 13.9 Å². The van der Waals surface area contributed by atoms with E-state index in [-0.39, 0.29) is 12.5 Å². The van der Waals surface area contributed by atoms with Crippen molar-refractivity contribution in [2.45, 2.75) is 20.5 Å². The molecule has 1 aliphatic rings. The standard InChI is InChI=1S/C23H24ClN3O3/c1-16-3-6-20(17(2)13-16)29-15-19-5-7-21(30-19)23(28)27-11-9-26(10-12-27)22-8-4-18(24)14-25-22/h3-8,13-14H,9-12,15H2,1-2H3. The van der Waals surface area contributed by atoms with E-state index < -0.39 is 0 Å². The van der Waals surface area contributed by atoms with Crippen molar-refractivity contribution in [1.29, 1.82) is 0 Å². The van der Waals surface area contributed by atoms with E-state index in [1.807, 2.05) is 38.1 Å². The van der Waals surface area contributed by atoms with E-state index >= 15 is 0 Å². The number of piperazine rings is 1. The SMILES string of the molecule is Cc1ccc(OCc2ccc(C(=O)N3CCN(c4ccc(Cl)cn4)CC3)o2)c(C)c1. The molecular formula is C23H24ClN3O3. The molecular weight excluding hydrogens is 402 g/mol. The molecule has 1 aliphatic heterocycles. The van der Waals surface area contributed by atoms with Gasteiger partial charge in [-0.2, -0.15) is 0 Å². The first-order valence-electron chi connectivity index (χ1n) is 9.94. The molecule has 4 rings (SSSR count). The van der Waals surface area contributed by atoms with Gasteiger partial charge in [0, 0.05) is 32.4 Å². The molecule has 0 unspecified atom stereocenters. The van der Waals surface area contributed by atoms with Crippen LogP contribution in [0, 0.1) is 13.8 Å². The molecule has 7 heteroatoms. The minimum atomic E-state index is -0.100. The first-order valence-corrected chi connectivity index (χ1v) is 10.3. The Hall–Kier alpha value is -2.99. The maximum Gasteiger partial charge on any atom is 0.289 e. The molecule has 0 spiro atoms. The molecule has 1 saturated heterocycles. The van der Waals surface area contributed by atoms with E-state index in [1.54, 1.807) is 23.2 Å². The van der Waals surface area contributed by atoms with Crippen molar-refractivity contribution in [3.8, 4) is 5.75 Å². The normalized spacial score (nSPS) is 14.1. The third kappa shape index (κ3) is 4.60. The summed E-state index contributed by atoms with van der Waals surface area (Å²) < 4.78 is 11.6. The van der Waals surface area contributed by atoms with Crippen LogP contribution < -0.4 is 9.64 Å². The largest absolute Gasteiger partial charge is 0.485 e. The maximum atomic E-state index is 12.8. The summed E-state index contributed by atoms with van der Waals surface area (Å²) in [6.07, 6.45) is 1.64. The van der Waals surface area contributed by atoms with Crippen LogP contribution in [-0.2, 0) is 6.61 Å². The van der Waals surface area contributed by atoms with Crippen molar-refractivity contribution in [1.82, 2.24) is 9.88 Å². The number of hydrogen-bond acceptors (Lipinski definition) is 5. The van der Waals surface area contributed by atoms with Gasteiger partial charge in [-0.15, -0.1) is 0 Å². The van der Waals surface area contributed by atoms with E-state index in [1.165, 1.54) is 5.56 Å². The number of aryl methyl sites for hydroxylation is 2. The van der Waals surface area contributed by atoms with Gasteiger partial charge in [0.2, 0.25) is 0 Å². The van der Waals surface area contributed by atoms with Gasteiger partial charge in [0.15, 0.2) is 5.76 Å². The molecule has 156 valence electrons. The van der Waals surface area contributed by atoms with Crippen molar-refractivity contribution in [3.63, 3.8) is 0 Å². The highest BCUT2D eigenvalue weighted by Crippen LogP contribution is 2.22. The molecule has 1 amide bonds. The van der Waals surface area contributed by atoms with Gasteiger partial charge in [-0.3, -0.25) is 4.79 Å². The molecule has 2 aromatic heterocycles. The molecule has 1 fully saturated rings. The molecule has 1 aromatic carbocycles. The fourth-order valence-electron chi connectivity index (χ4n) is 3.53. The van der Waals surface area contributed by atoms with Crippen LogP contribution in [0.4, 0.5) is 5.82 Å². The predicted molar refractivity (Wildman–Crippen MR) is 116 cm³/mol. The summed E-state index contributed by atoms with van der Waals surface area (Å²) in [6.45, 7) is 6.99. The number of amides is 1. The molecule has 3 heterocycles. The lowest BCUT2D eigenvalue weighted by Crippen LogP contribution is -2.49. The van der Waals surface area contributed by atoms with E-state index in [0.717, 1.165) is 17.1 Å². The quantitative estimate of drug-likeness (QED) is 0.603. The van der Waals surface area contributed by atoms with E-state index in [9.17, 15) is 4.79 Å². The second-order valence-electron chi connectivity index (χ2n) is 7.44. The molecule has 0 atom stereocenters. The summed E-state index contributed by atoms with van der Waals surface area (Å²) in [5.41, 5.74) is 2.27. The number of halogens is 1. The number of carbonyl (C=O) groups is 1. The van der Waals surface area contributed by atoms with Crippen LogP contribution in [0.1, 0.15) is 27.4 Å². The van der Waals surface area contributed by atoms with Gasteiger partial charge in [0.05, 0.1) is 5.02 Å². The van der Waals surface area contributed by atoms with Crippen molar-refractivity contribution in [3.05, 3.63) is 76.3 Å². The number of anilines is 1. The molecule has 6 nitrogen and oxygen atoms in total. The zero-order chi connectivity index (χ0) is 21.1. The monoisotopic (exact) mass is 425 g/mol. The number of hydrogen-bond donors (Lipinski definition) is 0. The first kappa shape index (κ1) is 20.3. The highest BCUT2D eigenvalue weighted by molar-refractivity contribution is 6.30. The average Bonchev–Trinajstić information content (AvgIpc) is 3.22. The van der Waals surface area contributed by atoms with Gasteiger partial charge in [-0.25, -0.2) is 4.98 Å². The third-order valence-electron chi connectivity index (χ3n) is 5.18. The summed E-state index contributed by atoms with van der Waals surface area (Å²) in [4.78, 5) is 21.1.